The minimum atomic E-state index is -3.22. The maximum atomic E-state index is 12.6. The van der Waals surface area contributed by atoms with Gasteiger partial charge in [-0.3, -0.25) is 0 Å². The Bertz CT molecular complexity index is 1340. The van der Waals surface area contributed by atoms with Crippen LogP contribution in [0.2, 0.25) is 0 Å². The third-order valence-corrected chi connectivity index (χ3v) is 7.74. The van der Waals surface area contributed by atoms with Crippen molar-refractivity contribution in [2.45, 2.75) is 37.6 Å². The predicted molar refractivity (Wildman–Crippen MR) is 120 cm³/mol. The summed E-state index contributed by atoms with van der Waals surface area (Å²) in [6, 6.07) is 9.61. The standard InChI is InChI=1S/C23H24N4O3S/c1-14(2)21(16-6-5-15-4-3-9-31(28,29)20(15)10-16)27-23-18-11-19(17-7-8-30-12-17)26-22(18)24-13-25-23/h5-8,10-14,21H,3-4,9H2,1-2H3,(H2,24,25,26,27)/t21-/m0/s1. The Morgan fingerprint density at radius 3 is 2.81 bits per heavy atom. The highest BCUT2D eigenvalue weighted by atomic mass is 32.2. The fourth-order valence-corrected chi connectivity index (χ4v) is 5.86. The number of fused-ring (bicyclic) bond motifs is 2. The summed E-state index contributed by atoms with van der Waals surface area (Å²) < 4.78 is 30.4. The molecule has 0 spiro atoms. The third-order valence-electron chi connectivity index (χ3n) is 5.86. The highest BCUT2D eigenvalue weighted by Crippen LogP contribution is 2.34. The van der Waals surface area contributed by atoms with Gasteiger partial charge < -0.3 is 14.7 Å². The summed E-state index contributed by atoms with van der Waals surface area (Å²) in [4.78, 5) is 12.6. The molecule has 160 valence electrons. The zero-order chi connectivity index (χ0) is 21.6. The molecule has 1 aromatic carbocycles. The second-order valence-electron chi connectivity index (χ2n) is 8.34. The third kappa shape index (κ3) is 3.61. The molecule has 0 saturated carbocycles. The lowest BCUT2D eigenvalue weighted by atomic mass is 9.94. The Morgan fingerprint density at radius 2 is 2.03 bits per heavy atom. The fourth-order valence-electron chi connectivity index (χ4n) is 4.23. The summed E-state index contributed by atoms with van der Waals surface area (Å²) in [6.07, 6.45) is 6.32. The van der Waals surface area contributed by atoms with E-state index in [1.54, 1.807) is 12.5 Å². The normalized spacial score (nSPS) is 16.4. The van der Waals surface area contributed by atoms with E-state index in [0.717, 1.165) is 39.8 Å². The Balaban J connectivity index is 1.54. The van der Waals surface area contributed by atoms with E-state index in [-0.39, 0.29) is 17.7 Å². The molecular weight excluding hydrogens is 412 g/mol. The molecule has 4 heterocycles. The van der Waals surface area contributed by atoms with E-state index in [1.807, 2.05) is 30.3 Å². The van der Waals surface area contributed by atoms with E-state index in [9.17, 15) is 8.42 Å². The van der Waals surface area contributed by atoms with Gasteiger partial charge in [0.25, 0.3) is 0 Å². The van der Waals surface area contributed by atoms with Gasteiger partial charge in [0.15, 0.2) is 9.84 Å². The molecule has 2 N–H and O–H groups in total. The minimum Gasteiger partial charge on any atom is -0.472 e. The predicted octanol–water partition coefficient (Wildman–Crippen LogP) is 4.75. The van der Waals surface area contributed by atoms with Crippen LogP contribution in [0.3, 0.4) is 0 Å². The maximum Gasteiger partial charge on any atom is 0.178 e. The quantitative estimate of drug-likeness (QED) is 0.468. The van der Waals surface area contributed by atoms with E-state index in [4.69, 9.17) is 4.42 Å². The van der Waals surface area contributed by atoms with Gasteiger partial charge in [0.2, 0.25) is 0 Å². The number of benzene rings is 1. The Labute approximate surface area is 180 Å². The topological polar surface area (TPSA) is 101 Å². The molecule has 0 bridgehead atoms. The van der Waals surface area contributed by atoms with Crippen LogP contribution in [-0.2, 0) is 16.3 Å². The number of aromatic nitrogens is 3. The summed E-state index contributed by atoms with van der Waals surface area (Å²) in [5.41, 5.74) is 4.41. The number of nitrogens with zero attached hydrogens (tertiary/aromatic N) is 2. The molecule has 0 saturated heterocycles. The van der Waals surface area contributed by atoms with Crippen molar-refractivity contribution in [2.75, 3.05) is 11.1 Å². The van der Waals surface area contributed by atoms with Crippen molar-refractivity contribution >= 4 is 26.7 Å². The van der Waals surface area contributed by atoms with Crippen LogP contribution < -0.4 is 5.32 Å². The molecule has 1 aliphatic heterocycles. The lowest BCUT2D eigenvalue weighted by molar-refractivity contribution is 0.542. The first-order valence-corrected chi connectivity index (χ1v) is 12.1. The molecule has 3 aromatic heterocycles. The molecule has 7 nitrogen and oxygen atoms in total. The number of hydrogen-bond acceptors (Lipinski definition) is 6. The number of aromatic amines is 1. The molecule has 0 amide bonds. The molecular formula is C23H24N4O3S. The summed E-state index contributed by atoms with van der Waals surface area (Å²) in [5, 5.41) is 4.41. The van der Waals surface area contributed by atoms with E-state index in [1.165, 1.54) is 6.33 Å². The number of furan rings is 1. The number of sulfone groups is 1. The van der Waals surface area contributed by atoms with Crippen LogP contribution in [0.5, 0.6) is 0 Å². The molecule has 0 radical (unpaired) electrons. The van der Waals surface area contributed by atoms with E-state index in [0.29, 0.717) is 17.1 Å². The maximum absolute atomic E-state index is 12.6. The Morgan fingerprint density at radius 1 is 1.16 bits per heavy atom. The number of H-pyrrole nitrogens is 1. The second kappa shape index (κ2) is 7.53. The fraction of sp³-hybridized carbons (Fsp3) is 0.304. The first-order valence-electron chi connectivity index (χ1n) is 10.4. The van der Waals surface area contributed by atoms with Crippen molar-refractivity contribution in [3.05, 3.63) is 60.3 Å². The SMILES string of the molecule is CC(C)[C@H](Nc1ncnc2[nH]c(-c3ccoc3)cc12)c1ccc2c(c1)S(=O)(=O)CCC2. The van der Waals surface area contributed by atoms with Crippen molar-refractivity contribution in [1.29, 1.82) is 0 Å². The van der Waals surface area contributed by atoms with Gasteiger partial charge in [-0.2, -0.15) is 0 Å². The van der Waals surface area contributed by atoms with Crippen LogP contribution in [0.15, 0.2) is 58.5 Å². The number of aryl methyl sites for hydroxylation is 1. The average molecular weight is 437 g/mol. The first-order chi connectivity index (χ1) is 14.9. The van der Waals surface area contributed by atoms with Gasteiger partial charge >= 0.3 is 0 Å². The van der Waals surface area contributed by atoms with Crippen LogP contribution in [0.4, 0.5) is 5.82 Å². The number of hydrogen-bond donors (Lipinski definition) is 2. The van der Waals surface area contributed by atoms with Gasteiger partial charge in [0.05, 0.1) is 40.3 Å². The van der Waals surface area contributed by atoms with Crippen LogP contribution >= 0.6 is 0 Å². The number of nitrogens with one attached hydrogen (secondary N) is 2. The molecule has 0 aliphatic carbocycles. The van der Waals surface area contributed by atoms with Gasteiger partial charge in [0.1, 0.15) is 17.8 Å². The highest BCUT2D eigenvalue weighted by Gasteiger charge is 2.26. The smallest absolute Gasteiger partial charge is 0.178 e. The molecule has 0 fully saturated rings. The van der Waals surface area contributed by atoms with Gasteiger partial charge in [-0.05, 0) is 48.1 Å². The van der Waals surface area contributed by atoms with Crippen LogP contribution in [0.1, 0.15) is 37.4 Å². The van der Waals surface area contributed by atoms with Gasteiger partial charge in [0, 0.05) is 5.56 Å². The van der Waals surface area contributed by atoms with Crippen molar-refractivity contribution in [3.63, 3.8) is 0 Å². The molecule has 5 rings (SSSR count). The summed E-state index contributed by atoms with van der Waals surface area (Å²) >= 11 is 0. The minimum absolute atomic E-state index is 0.104. The number of rotatable bonds is 5. The molecule has 1 atom stereocenters. The van der Waals surface area contributed by atoms with Crippen LogP contribution in [-0.4, -0.2) is 29.1 Å². The Hall–Kier alpha value is -3.13. The zero-order valence-electron chi connectivity index (χ0n) is 17.4. The monoisotopic (exact) mass is 436 g/mol. The lowest BCUT2D eigenvalue weighted by Crippen LogP contribution is -2.20. The second-order valence-corrected chi connectivity index (χ2v) is 10.4. The van der Waals surface area contributed by atoms with Gasteiger partial charge in [-0.25, -0.2) is 18.4 Å². The summed E-state index contributed by atoms with van der Waals surface area (Å²) in [6.45, 7) is 4.22. The van der Waals surface area contributed by atoms with Crippen molar-refractivity contribution in [2.24, 2.45) is 5.92 Å². The van der Waals surface area contributed by atoms with E-state index >= 15 is 0 Å². The molecule has 31 heavy (non-hydrogen) atoms. The summed E-state index contributed by atoms with van der Waals surface area (Å²) in [7, 11) is -3.22. The molecule has 1 aliphatic rings. The van der Waals surface area contributed by atoms with Crippen molar-refractivity contribution < 1.29 is 12.8 Å². The van der Waals surface area contributed by atoms with E-state index < -0.39 is 9.84 Å². The van der Waals surface area contributed by atoms with E-state index in [2.05, 4.69) is 34.1 Å². The van der Waals surface area contributed by atoms with Gasteiger partial charge in [-0.1, -0.05) is 26.0 Å². The molecule has 4 aromatic rings. The molecule has 0 unspecified atom stereocenters. The summed E-state index contributed by atoms with van der Waals surface area (Å²) in [5.74, 6) is 1.13. The number of anilines is 1. The highest BCUT2D eigenvalue weighted by molar-refractivity contribution is 7.91. The van der Waals surface area contributed by atoms with Gasteiger partial charge in [-0.15, -0.1) is 0 Å². The first kappa shape index (κ1) is 19.8. The largest absolute Gasteiger partial charge is 0.472 e. The zero-order valence-corrected chi connectivity index (χ0v) is 18.2. The average Bonchev–Trinajstić information content (AvgIpc) is 3.41. The van der Waals surface area contributed by atoms with Crippen LogP contribution in [0.25, 0.3) is 22.3 Å². The molecule has 8 heteroatoms. The lowest BCUT2D eigenvalue weighted by Gasteiger charge is -2.26. The van der Waals surface area contributed by atoms with Crippen molar-refractivity contribution in [3.8, 4) is 11.3 Å². The van der Waals surface area contributed by atoms with Crippen LogP contribution in [0, 0.1) is 5.92 Å². The van der Waals surface area contributed by atoms with Crippen molar-refractivity contribution in [1.82, 2.24) is 15.0 Å². The Kier molecular flexibility index (Phi) is 4.81.